The first-order valence-electron chi connectivity index (χ1n) is 6.00. The summed E-state index contributed by atoms with van der Waals surface area (Å²) < 4.78 is 38.9. The van der Waals surface area contributed by atoms with E-state index in [0.29, 0.717) is 5.56 Å². The van der Waals surface area contributed by atoms with Gasteiger partial charge in [0.15, 0.2) is 11.5 Å². The Hall–Kier alpha value is -1.89. The molecular weight excluding hydrogens is 272 g/mol. The van der Waals surface area contributed by atoms with E-state index in [1.165, 1.54) is 19.2 Å². The van der Waals surface area contributed by atoms with E-state index in [1.807, 2.05) is 0 Å². The van der Waals surface area contributed by atoms with Crippen molar-refractivity contribution in [2.45, 2.75) is 19.6 Å². The van der Waals surface area contributed by atoms with E-state index < -0.39 is 18.6 Å². The van der Waals surface area contributed by atoms with Gasteiger partial charge in [-0.25, -0.2) is 4.79 Å². The molecule has 0 heterocycles. The quantitative estimate of drug-likeness (QED) is 0.779. The predicted molar refractivity (Wildman–Crippen MR) is 68.1 cm³/mol. The number of ether oxygens (including phenoxy) is 3. The molecule has 1 rings (SSSR count). The number of carbonyl (C=O) groups excluding carboxylic acids is 1. The first-order valence-corrected chi connectivity index (χ1v) is 6.00. The predicted octanol–water partition coefficient (Wildman–Crippen LogP) is 2.12. The molecule has 0 saturated heterocycles. The van der Waals surface area contributed by atoms with Crippen molar-refractivity contribution in [3.8, 4) is 11.5 Å². The van der Waals surface area contributed by atoms with Crippen LogP contribution in [0.5, 0.6) is 11.5 Å². The molecule has 0 bridgehead atoms. The molecule has 0 aliphatic rings. The van der Waals surface area contributed by atoms with Gasteiger partial charge in [0.2, 0.25) is 0 Å². The highest BCUT2D eigenvalue weighted by Gasteiger charge is 2.22. The lowest BCUT2D eigenvalue weighted by Crippen LogP contribution is -2.27. The Bertz CT molecular complexity index is 454. The summed E-state index contributed by atoms with van der Waals surface area (Å²) in [5.41, 5.74) is 0.447. The topological polar surface area (TPSA) is 56.8 Å². The van der Waals surface area contributed by atoms with E-state index in [4.69, 9.17) is 9.47 Å². The number of likely N-dealkylation sites (N-methyl/N-ethyl adjacent to an activating group) is 1. The minimum absolute atomic E-state index is 0.135. The molecule has 5 nitrogen and oxygen atoms in total. The van der Waals surface area contributed by atoms with Crippen LogP contribution < -0.4 is 14.8 Å². The lowest BCUT2D eigenvalue weighted by atomic mass is 10.1. The number of halogens is 2. The number of hydrogen-bond acceptors (Lipinski definition) is 5. The fraction of sp³-hybridized carbons (Fsp3) is 0.462. The summed E-state index contributed by atoms with van der Waals surface area (Å²) in [5, 5.41) is 2.76. The summed E-state index contributed by atoms with van der Waals surface area (Å²) >= 11 is 0. The summed E-state index contributed by atoms with van der Waals surface area (Å²) in [6.07, 6.45) is 0. The fourth-order valence-corrected chi connectivity index (χ4v) is 1.71. The van der Waals surface area contributed by atoms with E-state index in [2.05, 4.69) is 10.1 Å². The first-order chi connectivity index (χ1) is 9.53. The van der Waals surface area contributed by atoms with Crippen LogP contribution >= 0.6 is 0 Å². The van der Waals surface area contributed by atoms with Gasteiger partial charge in [-0.05, 0) is 31.7 Å². The van der Waals surface area contributed by atoms with Crippen molar-refractivity contribution in [2.24, 2.45) is 0 Å². The summed E-state index contributed by atoms with van der Waals surface area (Å²) in [7, 11) is 2.91. The average molecular weight is 289 g/mol. The molecule has 0 aromatic heterocycles. The SMILES string of the molecule is CCOC(=O)C(NC)c1ccc(OC)c(OC(F)F)c1. The Morgan fingerprint density at radius 3 is 2.55 bits per heavy atom. The van der Waals surface area contributed by atoms with Crippen LogP contribution in [-0.2, 0) is 9.53 Å². The Labute approximate surface area is 115 Å². The van der Waals surface area contributed by atoms with Gasteiger partial charge in [-0.2, -0.15) is 8.78 Å². The highest BCUT2D eigenvalue weighted by atomic mass is 19.3. The molecule has 20 heavy (non-hydrogen) atoms. The van der Waals surface area contributed by atoms with Crippen molar-refractivity contribution in [1.29, 1.82) is 0 Å². The maximum Gasteiger partial charge on any atom is 0.387 e. The number of rotatable bonds is 7. The van der Waals surface area contributed by atoms with Crippen molar-refractivity contribution in [2.75, 3.05) is 20.8 Å². The van der Waals surface area contributed by atoms with E-state index in [9.17, 15) is 13.6 Å². The van der Waals surface area contributed by atoms with E-state index in [-0.39, 0.29) is 18.1 Å². The summed E-state index contributed by atoms with van der Waals surface area (Å²) in [4.78, 5) is 11.8. The van der Waals surface area contributed by atoms with E-state index in [1.54, 1.807) is 20.0 Å². The maximum atomic E-state index is 12.3. The molecule has 112 valence electrons. The molecule has 0 aliphatic heterocycles. The second-order valence-electron chi connectivity index (χ2n) is 3.76. The molecule has 1 atom stereocenters. The number of benzene rings is 1. The average Bonchev–Trinajstić information content (AvgIpc) is 2.39. The zero-order valence-electron chi connectivity index (χ0n) is 11.5. The largest absolute Gasteiger partial charge is 0.493 e. The fourth-order valence-electron chi connectivity index (χ4n) is 1.71. The van der Waals surface area contributed by atoms with Gasteiger partial charge in [0.1, 0.15) is 6.04 Å². The Kier molecular flexibility index (Phi) is 6.17. The minimum atomic E-state index is -2.98. The molecule has 1 N–H and O–H groups in total. The van der Waals surface area contributed by atoms with Crippen LogP contribution in [0.3, 0.4) is 0 Å². The normalized spacial score (nSPS) is 12.1. The number of hydrogen-bond donors (Lipinski definition) is 1. The van der Waals surface area contributed by atoms with Crippen LogP contribution in [0.25, 0.3) is 0 Å². The molecule has 1 aromatic carbocycles. The third-order valence-corrected chi connectivity index (χ3v) is 2.55. The van der Waals surface area contributed by atoms with E-state index >= 15 is 0 Å². The molecule has 1 aromatic rings. The molecule has 0 fully saturated rings. The highest BCUT2D eigenvalue weighted by molar-refractivity contribution is 5.78. The van der Waals surface area contributed by atoms with Crippen molar-refractivity contribution >= 4 is 5.97 Å². The van der Waals surface area contributed by atoms with Crippen molar-refractivity contribution in [3.05, 3.63) is 23.8 Å². The third kappa shape index (κ3) is 4.06. The Morgan fingerprint density at radius 2 is 2.05 bits per heavy atom. The van der Waals surface area contributed by atoms with Gasteiger partial charge in [0, 0.05) is 0 Å². The number of alkyl halides is 2. The van der Waals surface area contributed by atoms with Gasteiger partial charge >= 0.3 is 12.6 Å². The second-order valence-corrected chi connectivity index (χ2v) is 3.76. The summed E-state index contributed by atoms with van der Waals surface area (Å²) in [6, 6.07) is 3.59. The molecule has 0 radical (unpaired) electrons. The molecule has 0 saturated carbocycles. The molecule has 7 heteroatoms. The molecule has 1 unspecified atom stereocenters. The van der Waals surface area contributed by atoms with Crippen LogP contribution in [0.1, 0.15) is 18.5 Å². The van der Waals surface area contributed by atoms with Gasteiger partial charge in [0.05, 0.1) is 13.7 Å². The standard InChI is InChI=1S/C13H17F2NO4/c1-4-19-12(17)11(16-2)8-5-6-9(18-3)10(7-8)20-13(14)15/h5-7,11,13,16H,4H2,1-3H3. The number of nitrogens with one attached hydrogen (secondary N) is 1. The monoisotopic (exact) mass is 289 g/mol. The Balaban J connectivity index is 3.07. The Morgan fingerprint density at radius 1 is 1.35 bits per heavy atom. The van der Waals surface area contributed by atoms with Crippen molar-refractivity contribution in [3.63, 3.8) is 0 Å². The summed E-state index contributed by atoms with van der Waals surface area (Å²) in [6.45, 7) is -1.06. The van der Waals surface area contributed by atoms with Gasteiger partial charge in [-0.1, -0.05) is 6.07 Å². The zero-order valence-corrected chi connectivity index (χ0v) is 11.5. The van der Waals surface area contributed by atoms with Gasteiger partial charge in [-0.15, -0.1) is 0 Å². The lowest BCUT2D eigenvalue weighted by Gasteiger charge is -2.17. The van der Waals surface area contributed by atoms with Gasteiger partial charge in [-0.3, -0.25) is 0 Å². The lowest BCUT2D eigenvalue weighted by molar-refractivity contribution is -0.145. The summed E-state index contributed by atoms with van der Waals surface area (Å²) in [5.74, 6) is -0.472. The number of esters is 1. The minimum Gasteiger partial charge on any atom is -0.493 e. The smallest absolute Gasteiger partial charge is 0.387 e. The van der Waals surface area contributed by atoms with Gasteiger partial charge in [0.25, 0.3) is 0 Å². The molecular formula is C13H17F2NO4. The molecule has 0 amide bonds. The van der Waals surface area contributed by atoms with Crippen LogP contribution in [0.15, 0.2) is 18.2 Å². The maximum absolute atomic E-state index is 12.3. The highest BCUT2D eigenvalue weighted by Crippen LogP contribution is 2.31. The van der Waals surface area contributed by atoms with Crippen LogP contribution in [0.4, 0.5) is 8.78 Å². The zero-order chi connectivity index (χ0) is 15.1. The second kappa shape index (κ2) is 7.64. The molecule has 0 spiro atoms. The first kappa shape index (κ1) is 16.2. The van der Waals surface area contributed by atoms with Crippen LogP contribution in [0, 0.1) is 0 Å². The number of methoxy groups -OCH3 is 1. The van der Waals surface area contributed by atoms with Crippen LogP contribution in [-0.4, -0.2) is 33.3 Å². The van der Waals surface area contributed by atoms with Crippen molar-refractivity contribution < 1.29 is 27.8 Å². The third-order valence-electron chi connectivity index (χ3n) is 2.55. The van der Waals surface area contributed by atoms with Crippen molar-refractivity contribution in [1.82, 2.24) is 5.32 Å². The van der Waals surface area contributed by atoms with Gasteiger partial charge < -0.3 is 19.5 Å². The van der Waals surface area contributed by atoms with E-state index in [0.717, 1.165) is 0 Å². The molecule has 0 aliphatic carbocycles. The number of carbonyl (C=O) groups is 1. The van der Waals surface area contributed by atoms with Crippen LogP contribution in [0.2, 0.25) is 0 Å².